The molecule has 1 nitrogen and oxygen atoms in total. The molecular weight excluding hydrogens is 506 g/mol. The van der Waals surface area contributed by atoms with Crippen molar-refractivity contribution in [1.29, 1.82) is 0 Å². The molecule has 0 unspecified atom stereocenters. The van der Waals surface area contributed by atoms with Crippen LogP contribution in [-0.4, -0.2) is 0 Å². The van der Waals surface area contributed by atoms with Gasteiger partial charge in [-0.1, -0.05) is 105 Å². The second kappa shape index (κ2) is 9.19. The molecule has 6 aromatic rings. The maximum atomic E-state index is 2.52. The molecule has 6 aromatic carbocycles. The second-order valence-corrected chi connectivity index (χ2v) is 12.6. The Bertz CT molecular complexity index is 2040. The van der Waals surface area contributed by atoms with Crippen molar-refractivity contribution in [2.45, 2.75) is 46.0 Å². The van der Waals surface area contributed by atoms with Crippen LogP contribution < -0.4 is 4.90 Å². The molecule has 42 heavy (non-hydrogen) atoms. The van der Waals surface area contributed by atoms with Crippen LogP contribution in [0.1, 0.15) is 47.2 Å². The third kappa shape index (κ3) is 3.56. The molecule has 0 saturated carbocycles. The molecule has 0 aromatic heterocycles. The molecule has 0 N–H and O–H groups in total. The maximum Gasteiger partial charge on any atom is 0.0500 e. The molecule has 0 bridgehead atoms. The summed E-state index contributed by atoms with van der Waals surface area (Å²) in [6.45, 7) is 9.28. The Morgan fingerprint density at radius 1 is 0.548 bits per heavy atom. The highest BCUT2D eigenvalue weighted by Crippen LogP contribution is 2.54. The van der Waals surface area contributed by atoms with Crippen molar-refractivity contribution in [2.75, 3.05) is 4.90 Å². The Hall–Kier alpha value is -4.62. The molecule has 0 heterocycles. The van der Waals surface area contributed by atoms with Gasteiger partial charge >= 0.3 is 0 Å². The molecule has 2 aliphatic rings. The predicted molar refractivity (Wildman–Crippen MR) is 179 cm³/mol. The molecule has 0 amide bonds. The third-order valence-electron chi connectivity index (χ3n) is 9.83. The Balaban J connectivity index is 1.37. The number of aryl methyl sites for hydroxylation is 3. The van der Waals surface area contributed by atoms with Crippen LogP contribution in [0.4, 0.5) is 17.1 Å². The molecule has 8 rings (SSSR count). The predicted octanol–water partition coefficient (Wildman–Crippen LogP) is 11.0. The van der Waals surface area contributed by atoms with Crippen molar-refractivity contribution in [3.05, 3.63) is 149 Å². The first-order valence-electron chi connectivity index (χ1n) is 15.2. The van der Waals surface area contributed by atoms with E-state index in [0.29, 0.717) is 0 Å². The number of anilines is 3. The lowest BCUT2D eigenvalue weighted by Gasteiger charge is -2.33. The number of rotatable bonds is 3. The van der Waals surface area contributed by atoms with Gasteiger partial charge in [0.15, 0.2) is 0 Å². The normalized spacial score (nSPS) is 14.2. The summed E-state index contributed by atoms with van der Waals surface area (Å²) in [6.07, 6.45) is 2.11. The van der Waals surface area contributed by atoms with Crippen LogP contribution in [0.3, 0.4) is 0 Å². The molecular formula is C41H35N. The fourth-order valence-corrected chi connectivity index (χ4v) is 7.67. The highest BCUT2D eigenvalue weighted by atomic mass is 15.1. The van der Waals surface area contributed by atoms with E-state index in [9.17, 15) is 0 Å². The Labute approximate surface area is 249 Å². The van der Waals surface area contributed by atoms with Crippen LogP contribution in [0, 0.1) is 13.8 Å². The number of hydrogen-bond donors (Lipinski definition) is 0. The van der Waals surface area contributed by atoms with Gasteiger partial charge in [-0.2, -0.15) is 0 Å². The van der Waals surface area contributed by atoms with E-state index in [-0.39, 0.29) is 5.41 Å². The first-order chi connectivity index (χ1) is 20.4. The number of para-hydroxylation sites is 1. The Kier molecular flexibility index (Phi) is 5.50. The molecule has 1 heteroatoms. The van der Waals surface area contributed by atoms with Crippen molar-refractivity contribution in [1.82, 2.24) is 0 Å². The van der Waals surface area contributed by atoms with E-state index in [1.165, 1.54) is 83.5 Å². The quantitative estimate of drug-likeness (QED) is 0.215. The summed E-state index contributed by atoms with van der Waals surface area (Å²) >= 11 is 0. The van der Waals surface area contributed by atoms with Gasteiger partial charge in [0.05, 0.1) is 0 Å². The van der Waals surface area contributed by atoms with Crippen LogP contribution in [0.2, 0.25) is 0 Å². The largest absolute Gasteiger partial charge is 0.310 e. The maximum absolute atomic E-state index is 2.52. The highest BCUT2D eigenvalue weighted by molar-refractivity contribution is 6.04. The molecule has 0 spiro atoms. The van der Waals surface area contributed by atoms with E-state index < -0.39 is 0 Å². The summed E-state index contributed by atoms with van der Waals surface area (Å²) in [4.78, 5) is 2.52. The highest BCUT2D eigenvalue weighted by Gasteiger charge is 2.37. The topological polar surface area (TPSA) is 3.24 Å². The summed E-state index contributed by atoms with van der Waals surface area (Å²) in [5.41, 5.74) is 17.5. The van der Waals surface area contributed by atoms with Crippen molar-refractivity contribution in [2.24, 2.45) is 0 Å². The van der Waals surface area contributed by atoms with Crippen LogP contribution in [0.5, 0.6) is 0 Å². The van der Waals surface area contributed by atoms with Crippen molar-refractivity contribution >= 4 is 27.8 Å². The molecule has 0 atom stereocenters. The van der Waals surface area contributed by atoms with Gasteiger partial charge in [-0.15, -0.1) is 0 Å². The van der Waals surface area contributed by atoms with Crippen LogP contribution in [-0.2, 0) is 18.3 Å². The Morgan fingerprint density at radius 2 is 1.26 bits per heavy atom. The van der Waals surface area contributed by atoms with Crippen LogP contribution >= 0.6 is 0 Å². The zero-order chi connectivity index (χ0) is 28.6. The van der Waals surface area contributed by atoms with E-state index in [0.717, 1.165) is 12.8 Å². The van der Waals surface area contributed by atoms with E-state index in [1.807, 2.05) is 0 Å². The summed E-state index contributed by atoms with van der Waals surface area (Å²) in [5, 5.41) is 2.71. The van der Waals surface area contributed by atoms with E-state index in [1.54, 1.807) is 0 Å². The smallest absolute Gasteiger partial charge is 0.0500 e. The number of nitrogens with zero attached hydrogens (tertiary/aromatic N) is 1. The lowest BCUT2D eigenvalue weighted by Crippen LogP contribution is -2.18. The summed E-state index contributed by atoms with van der Waals surface area (Å²) in [5.74, 6) is 0. The van der Waals surface area contributed by atoms with Crippen molar-refractivity contribution in [3.8, 4) is 22.3 Å². The van der Waals surface area contributed by atoms with Gasteiger partial charge in [0.25, 0.3) is 0 Å². The Morgan fingerprint density at radius 3 is 2.12 bits per heavy atom. The van der Waals surface area contributed by atoms with Crippen molar-refractivity contribution < 1.29 is 0 Å². The fraction of sp³-hybridized carbons (Fsp3) is 0.171. The minimum absolute atomic E-state index is 0.0953. The van der Waals surface area contributed by atoms with Crippen LogP contribution in [0.25, 0.3) is 33.0 Å². The van der Waals surface area contributed by atoms with Crippen molar-refractivity contribution in [3.63, 3.8) is 0 Å². The molecule has 0 fully saturated rings. The van der Waals surface area contributed by atoms with E-state index >= 15 is 0 Å². The van der Waals surface area contributed by atoms with E-state index in [2.05, 4.69) is 148 Å². The average molecular weight is 542 g/mol. The lowest BCUT2D eigenvalue weighted by atomic mass is 9.81. The minimum atomic E-state index is -0.0953. The summed E-state index contributed by atoms with van der Waals surface area (Å²) in [6, 6.07) is 43.1. The van der Waals surface area contributed by atoms with Gasteiger partial charge in [-0.3, -0.25) is 0 Å². The molecule has 2 aliphatic carbocycles. The summed E-state index contributed by atoms with van der Waals surface area (Å²) < 4.78 is 0. The van der Waals surface area contributed by atoms with Crippen LogP contribution in [0.15, 0.2) is 115 Å². The second-order valence-electron chi connectivity index (χ2n) is 12.6. The number of benzene rings is 6. The number of hydrogen-bond acceptors (Lipinski definition) is 1. The zero-order valence-electron chi connectivity index (χ0n) is 24.8. The van der Waals surface area contributed by atoms with Gasteiger partial charge < -0.3 is 4.90 Å². The third-order valence-corrected chi connectivity index (χ3v) is 9.83. The average Bonchev–Trinajstić information content (AvgIpc) is 3.24. The molecule has 0 saturated heterocycles. The standard InChI is InChI=1S/C41H35N/c1-26-12-5-10-18-38(26)42(39-19-11-17-32-31-15-7-6-13-28(31)20-22-33(32)39)29-21-23-35-36(25-29)41(3,4)37-24-27(2)30-14-8-9-16-34(30)40(35)37/h5-19,21,23-25H,20,22H2,1-4H3. The van der Waals surface area contributed by atoms with E-state index in [4.69, 9.17) is 0 Å². The fourth-order valence-electron chi connectivity index (χ4n) is 7.67. The minimum Gasteiger partial charge on any atom is -0.310 e. The van der Waals surface area contributed by atoms with Gasteiger partial charge in [0, 0.05) is 22.5 Å². The van der Waals surface area contributed by atoms with Gasteiger partial charge in [-0.05, 0) is 117 Å². The SMILES string of the molecule is Cc1ccccc1N(c1ccc2c(c1)C(C)(C)c1cc(C)c3ccccc3c1-2)c1cccc2c1CCc1ccccc1-2. The van der Waals surface area contributed by atoms with Gasteiger partial charge in [0.1, 0.15) is 0 Å². The van der Waals surface area contributed by atoms with Gasteiger partial charge in [0.2, 0.25) is 0 Å². The number of fused-ring (bicyclic) bond motifs is 8. The lowest BCUT2D eigenvalue weighted by molar-refractivity contribution is 0.660. The molecule has 204 valence electrons. The zero-order valence-corrected chi connectivity index (χ0v) is 24.8. The monoisotopic (exact) mass is 541 g/mol. The first kappa shape index (κ1) is 25.1. The summed E-state index contributed by atoms with van der Waals surface area (Å²) in [7, 11) is 0. The molecule has 0 radical (unpaired) electrons. The molecule has 0 aliphatic heterocycles. The first-order valence-corrected chi connectivity index (χ1v) is 15.2. The van der Waals surface area contributed by atoms with Gasteiger partial charge in [-0.25, -0.2) is 0 Å².